The van der Waals surface area contributed by atoms with Crippen LogP contribution in [0, 0.1) is 0 Å². The third-order valence-electron chi connectivity index (χ3n) is 7.32. The highest BCUT2D eigenvalue weighted by atomic mass is 35.5. The number of imidazole rings is 1. The van der Waals surface area contributed by atoms with E-state index >= 15 is 0 Å². The highest BCUT2D eigenvalue weighted by molar-refractivity contribution is 6.76. The second kappa shape index (κ2) is 12.4. The molecule has 12 nitrogen and oxygen atoms in total. The average Bonchev–Trinajstić information content (AvgIpc) is 3.57. The number of carboxylic acid groups (broad SMARTS) is 1. The Morgan fingerprint density at radius 1 is 1.18 bits per heavy atom. The lowest BCUT2D eigenvalue weighted by Gasteiger charge is -2.34. The topological polar surface area (TPSA) is 136 Å². The molecule has 4 aromatic rings. The second-order valence-corrected chi connectivity index (χ2v) is 19.3. The smallest absolute Gasteiger partial charge is 0.410 e. The number of hydrogen-bond donors (Lipinski definition) is 2. The van der Waals surface area contributed by atoms with Crippen molar-refractivity contribution in [2.24, 2.45) is 0 Å². The molecule has 1 aliphatic rings. The summed E-state index contributed by atoms with van der Waals surface area (Å²) >= 11 is 6.94. The van der Waals surface area contributed by atoms with Crippen LogP contribution in [0.5, 0.6) is 0 Å². The lowest BCUT2D eigenvalue weighted by Crippen LogP contribution is -2.47. The summed E-state index contributed by atoms with van der Waals surface area (Å²) in [5, 5.41) is 14.2. The van der Waals surface area contributed by atoms with E-state index in [4.69, 9.17) is 26.1 Å². The van der Waals surface area contributed by atoms with Crippen molar-refractivity contribution in [3.05, 3.63) is 41.6 Å². The molecular weight excluding hydrogens is 602 g/mol. The molecule has 0 radical (unpaired) electrons. The number of carbonyl (C=O) groups excluding carboxylic acids is 1. The lowest BCUT2D eigenvalue weighted by atomic mass is 10.1. The third-order valence-corrected chi connectivity index (χ3v) is 9.39. The standard InChI is InChI=1S/C30H40ClN7O5Si/c1-30(2,3)43-29(41)36-12-7-8-19(16-36)33-25-27-32-11-13-38(27)24(31)23(35-25)21-17-37(18-42-14-15-44(4,5)6)26-20(21)9-10-22(34-26)28(39)40/h9-11,13,17,19H,7-8,12,14-16,18H2,1-6H3,(H,33,35)(H,39,40)/t19-/m0/s1. The van der Waals surface area contributed by atoms with Crippen LogP contribution in [0.1, 0.15) is 44.1 Å². The Balaban J connectivity index is 1.50. The molecule has 2 N–H and O–H groups in total. The molecule has 4 aromatic heterocycles. The van der Waals surface area contributed by atoms with Gasteiger partial charge in [-0.3, -0.25) is 4.40 Å². The lowest BCUT2D eigenvalue weighted by molar-refractivity contribution is 0.0206. The maximum absolute atomic E-state index is 12.8. The Labute approximate surface area is 262 Å². The van der Waals surface area contributed by atoms with Crippen LogP contribution in [-0.2, 0) is 16.2 Å². The summed E-state index contributed by atoms with van der Waals surface area (Å²) < 4.78 is 15.2. The van der Waals surface area contributed by atoms with Crippen LogP contribution < -0.4 is 5.32 Å². The van der Waals surface area contributed by atoms with Crippen molar-refractivity contribution in [2.45, 2.75) is 77.7 Å². The van der Waals surface area contributed by atoms with E-state index in [1.54, 1.807) is 32.3 Å². The minimum absolute atomic E-state index is 0.0659. The number of nitrogens with zero attached hydrogens (tertiary/aromatic N) is 6. The Bertz CT molecular complexity index is 1690. The van der Waals surface area contributed by atoms with Crippen LogP contribution in [0.4, 0.5) is 10.6 Å². The molecule has 236 valence electrons. The number of pyridine rings is 1. The minimum atomic E-state index is -1.29. The monoisotopic (exact) mass is 641 g/mol. The number of fused-ring (bicyclic) bond motifs is 2. The van der Waals surface area contributed by atoms with Gasteiger partial charge in [0.2, 0.25) is 0 Å². The number of likely N-dealkylation sites (tertiary alicyclic amines) is 1. The molecule has 5 rings (SSSR count). The third kappa shape index (κ3) is 7.16. The minimum Gasteiger partial charge on any atom is -0.477 e. The van der Waals surface area contributed by atoms with Gasteiger partial charge in [-0.05, 0) is 51.8 Å². The summed E-state index contributed by atoms with van der Waals surface area (Å²) in [4.78, 5) is 40.1. The van der Waals surface area contributed by atoms with Crippen molar-refractivity contribution in [1.82, 2.24) is 28.8 Å². The molecule has 1 atom stereocenters. The number of anilines is 1. The first-order valence-corrected chi connectivity index (χ1v) is 18.9. The SMILES string of the molecule is CC(C)(C)OC(=O)N1CCC[C@H](Nc2nc(-c3cn(COCC[Si](C)(C)C)c4nc(C(=O)O)ccc34)c(Cl)n3ccnc23)C1. The van der Waals surface area contributed by atoms with E-state index in [0.717, 1.165) is 18.9 Å². The summed E-state index contributed by atoms with van der Waals surface area (Å²) in [7, 11) is -1.29. The molecule has 1 amide bonds. The molecule has 0 unspecified atom stereocenters. The fourth-order valence-corrected chi connectivity index (χ4v) is 6.16. The van der Waals surface area contributed by atoms with Crippen molar-refractivity contribution in [2.75, 3.05) is 25.0 Å². The molecule has 0 aromatic carbocycles. The van der Waals surface area contributed by atoms with Gasteiger partial charge in [0, 0.05) is 63.4 Å². The summed E-state index contributed by atoms with van der Waals surface area (Å²) in [6, 6.07) is 4.11. The van der Waals surface area contributed by atoms with E-state index in [1.165, 1.54) is 6.07 Å². The Morgan fingerprint density at radius 2 is 1.95 bits per heavy atom. The van der Waals surface area contributed by atoms with Gasteiger partial charge < -0.3 is 29.4 Å². The highest BCUT2D eigenvalue weighted by Gasteiger charge is 2.29. The van der Waals surface area contributed by atoms with E-state index in [2.05, 4.69) is 34.9 Å². The van der Waals surface area contributed by atoms with Crippen molar-refractivity contribution < 1.29 is 24.2 Å². The van der Waals surface area contributed by atoms with E-state index in [9.17, 15) is 14.7 Å². The fraction of sp³-hybridized carbons (Fsp3) is 0.500. The van der Waals surface area contributed by atoms with Gasteiger partial charge in [0.15, 0.2) is 17.2 Å². The molecule has 0 spiro atoms. The number of hydrogen-bond acceptors (Lipinski definition) is 8. The van der Waals surface area contributed by atoms with Gasteiger partial charge >= 0.3 is 12.1 Å². The normalized spacial score (nSPS) is 16.1. The molecule has 5 heterocycles. The first-order valence-electron chi connectivity index (χ1n) is 14.8. The molecule has 0 saturated carbocycles. The Hall–Kier alpha value is -3.68. The predicted octanol–water partition coefficient (Wildman–Crippen LogP) is 6.22. The summed E-state index contributed by atoms with van der Waals surface area (Å²) in [6.45, 7) is 14.3. The van der Waals surface area contributed by atoms with Gasteiger partial charge in [-0.2, -0.15) is 0 Å². The molecule has 1 fully saturated rings. The quantitative estimate of drug-likeness (QED) is 0.161. The number of carbonyl (C=O) groups is 2. The highest BCUT2D eigenvalue weighted by Crippen LogP contribution is 2.36. The van der Waals surface area contributed by atoms with Crippen LogP contribution in [0.3, 0.4) is 0 Å². The summed E-state index contributed by atoms with van der Waals surface area (Å²) in [5.74, 6) is -0.593. The second-order valence-electron chi connectivity index (χ2n) is 13.4. The number of aromatic nitrogens is 5. The fourth-order valence-electron chi connectivity index (χ4n) is 5.12. The molecule has 44 heavy (non-hydrogen) atoms. The first kappa shape index (κ1) is 31.7. The number of amides is 1. The van der Waals surface area contributed by atoms with E-state index in [-0.39, 0.29) is 24.6 Å². The van der Waals surface area contributed by atoms with Gasteiger partial charge in [-0.1, -0.05) is 31.2 Å². The van der Waals surface area contributed by atoms with Crippen LogP contribution >= 0.6 is 11.6 Å². The maximum Gasteiger partial charge on any atom is 0.410 e. The van der Waals surface area contributed by atoms with Gasteiger partial charge in [-0.25, -0.2) is 24.5 Å². The molecule has 0 bridgehead atoms. The number of ether oxygens (including phenoxy) is 2. The number of carboxylic acids is 1. The number of piperidine rings is 1. The first-order chi connectivity index (χ1) is 20.7. The number of halogens is 1. The van der Waals surface area contributed by atoms with Crippen LogP contribution in [-0.4, -0.2) is 85.4 Å². The van der Waals surface area contributed by atoms with Crippen molar-refractivity contribution in [3.8, 4) is 11.3 Å². The van der Waals surface area contributed by atoms with Crippen LogP contribution in [0.15, 0.2) is 30.7 Å². The van der Waals surface area contributed by atoms with Crippen LogP contribution in [0.2, 0.25) is 30.8 Å². The van der Waals surface area contributed by atoms with Gasteiger partial charge in [0.1, 0.15) is 28.8 Å². The predicted molar refractivity (Wildman–Crippen MR) is 172 cm³/mol. The Morgan fingerprint density at radius 3 is 2.66 bits per heavy atom. The van der Waals surface area contributed by atoms with Crippen LogP contribution in [0.25, 0.3) is 27.9 Å². The summed E-state index contributed by atoms with van der Waals surface area (Å²) in [6.07, 6.45) is 6.58. The molecule has 0 aliphatic carbocycles. The molecule has 1 aliphatic heterocycles. The molecule has 14 heteroatoms. The number of nitrogens with one attached hydrogen (secondary N) is 1. The zero-order valence-electron chi connectivity index (χ0n) is 26.1. The number of rotatable bonds is 9. The zero-order valence-corrected chi connectivity index (χ0v) is 27.8. The van der Waals surface area contributed by atoms with Gasteiger partial charge in [-0.15, -0.1) is 0 Å². The average molecular weight is 642 g/mol. The molecule has 1 saturated heterocycles. The number of aromatic carboxylic acids is 1. The van der Waals surface area contributed by atoms with E-state index in [1.807, 2.05) is 27.0 Å². The molecular formula is C30H40ClN7O5Si. The summed E-state index contributed by atoms with van der Waals surface area (Å²) in [5.41, 5.74) is 1.54. The van der Waals surface area contributed by atoms with Crippen molar-refractivity contribution in [1.29, 1.82) is 0 Å². The van der Waals surface area contributed by atoms with Crippen molar-refractivity contribution >= 4 is 54.2 Å². The van der Waals surface area contributed by atoms with Crippen molar-refractivity contribution in [3.63, 3.8) is 0 Å². The van der Waals surface area contributed by atoms with E-state index in [0.29, 0.717) is 58.6 Å². The van der Waals surface area contributed by atoms with Gasteiger partial charge in [0.05, 0.1) is 0 Å². The zero-order chi connectivity index (χ0) is 31.8. The largest absolute Gasteiger partial charge is 0.477 e. The maximum atomic E-state index is 12.8. The van der Waals surface area contributed by atoms with Gasteiger partial charge in [0.25, 0.3) is 0 Å². The van der Waals surface area contributed by atoms with E-state index < -0.39 is 19.6 Å². The Kier molecular flexibility index (Phi) is 8.92.